The van der Waals surface area contributed by atoms with Gasteiger partial charge in [-0.05, 0) is 44.0 Å². The van der Waals surface area contributed by atoms with Crippen LogP contribution in [-0.2, 0) is 6.42 Å². The lowest BCUT2D eigenvalue weighted by Crippen LogP contribution is -2.26. The van der Waals surface area contributed by atoms with Crippen LogP contribution in [0.1, 0.15) is 35.3 Å². The summed E-state index contributed by atoms with van der Waals surface area (Å²) < 4.78 is 15.5. The molecule has 0 fully saturated rings. The van der Waals surface area contributed by atoms with Crippen LogP contribution in [0.2, 0.25) is 0 Å². The number of fused-ring (bicyclic) bond motifs is 1. The number of rotatable bonds is 1. The molecule has 1 aliphatic rings. The molecule has 1 aromatic carbocycles. The van der Waals surface area contributed by atoms with Crippen molar-refractivity contribution in [1.29, 1.82) is 0 Å². The molecule has 3 nitrogen and oxygen atoms in total. The highest BCUT2D eigenvalue weighted by molar-refractivity contribution is 5.41. The first-order valence-corrected chi connectivity index (χ1v) is 6.65. The number of nitrogens with zero attached hydrogens (tertiary/aromatic N) is 2. The number of hydrogen-bond donors (Lipinski definition) is 1. The molecule has 4 heteroatoms. The van der Waals surface area contributed by atoms with Crippen molar-refractivity contribution < 1.29 is 4.39 Å². The van der Waals surface area contributed by atoms with Crippen molar-refractivity contribution in [3.63, 3.8) is 0 Å². The predicted octanol–water partition coefficient (Wildman–Crippen LogP) is 2.83. The largest absolute Gasteiger partial charge is 0.310 e. The van der Waals surface area contributed by atoms with Crippen molar-refractivity contribution in [2.24, 2.45) is 0 Å². The van der Waals surface area contributed by atoms with Crippen LogP contribution in [-0.4, -0.2) is 16.3 Å². The second-order valence-corrected chi connectivity index (χ2v) is 5.30. The van der Waals surface area contributed by atoms with Gasteiger partial charge in [0, 0.05) is 30.8 Å². The molecule has 2 heterocycles. The molecular weight excluding hydrogens is 241 g/mol. The lowest BCUT2D eigenvalue weighted by molar-refractivity contribution is 0.537. The van der Waals surface area contributed by atoms with Crippen LogP contribution in [0.5, 0.6) is 0 Å². The molecule has 0 bridgehead atoms. The van der Waals surface area contributed by atoms with Crippen molar-refractivity contribution in [2.75, 3.05) is 6.54 Å². The van der Waals surface area contributed by atoms with Gasteiger partial charge in [0.05, 0.1) is 11.4 Å². The molecule has 1 N–H and O–H groups in total. The van der Waals surface area contributed by atoms with Gasteiger partial charge in [-0.1, -0.05) is 0 Å². The van der Waals surface area contributed by atoms with Gasteiger partial charge in [0.2, 0.25) is 0 Å². The third-order valence-electron chi connectivity index (χ3n) is 3.79. The zero-order valence-corrected chi connectivity index (χ0v) is 11.5. The molecular formula is C15H18FN3. The third kappa shape index (κ3) is 2.06. The van der Waals surface area contributed by atoms with E-state index in [1.165, 1.54) is 5.56 Å². The Hall–Kier alpha value is -1.68. The van der Waals surface area contributed by atoms with E-state index in [4.69, 9.17) is 0 Å². The maximum absolute atomic E-state index is 13.7. The molecule has 0 saturated heterocycles. The topological polar surface area (TPSA) is 29.9 Å². The molecule has 1 atom stereocenters. The van der Waals surface area contributed by atoms with Crippen LogP contribution in [0.4, 0.5) is 4.39 Å². The van der Waals surface area contributed by atoms with E-state index in [9.17, 15) is 4.39 Å². The number of aryl methyl sites for hydroxylation is 2. The number of nitrogens with one attached hydrogen (secondary N) is 1. The smallest absolute Gasteiger partial charge is 0.129 e. The molecule has 19 heavy (non-hydrogen) atoms. The summed E-state index contributed by atoms with van der Waals surface area (Å²) in [7, 11) is 0. The summed E-state index contributed by atoms with van der Waals surface area (Å²) in [6.45, 7) is 6.69. The van der Waals surface area contributed by atoms with E-state index in [-0.39, 0.29) is 5.82 Å². The van der Waals surface area contributed by atoms with Crippen LogP contribution in [0, 0.1) is 19.7 Å². The van der Waals surface area contributed by atoms with E-state index in [0.717, 1.165) is 24.3 Å². The Bertz CT molecular complexity index is 607. The van der Waals surface area contributed by atoms with Gasteiger partial charge in [0.1, 0.15) is 5.82 Å². The minimum atomic E-state index is -0.129. The van der Waals surface area contributed by atoms with Crippen molar-refractivity contribution >= 4 is 0 Å². The van der Waals surface area contributed by atoms with Gasteiger partial charge in [-0.15, -0.1) is 0 Å². The average molecular weight is 259 g/mol. The Kier molecular flexibility index (Phi) is 2.90. The Balaban J connectivity index is 2.08. The predicted molar refractivity (Wildman–Crippen MR) is 73.1 cm³/mol. The van der Waals surface area contributed by atoms with E-state index in [2.05, 4.69) is 23.5 Å². The van der Waals surface area contributed by atoms with Crippen LogP contribution < -0.4 is 5.32 Å². The first-order valence-electron chi connectivity index (χ1n) is 6.65. The molecule has 0 saturated carbocycles. The minimum Gasteiger partial charge on any atom is -0.310 e. The van der Waals surface area contributed by atoms with Crippen molar-refractivity contribution in [3.05, 3.63) is 46.5 Å². The lowest BCUT2D eigenvalue weighted by atomic mass is 10.0. The first-order chi connectivity index (χ1) is 9.06. The van der Waals surface area contributed by atoms with Crippen molar-refractivity contribution in [3.8, 4) is 5.69 Å². The first kappa shape index (κ1) is 12.4. The molecule has 0 spiro atoms. The maximum Gasteiger partial charge on any atom is 0.129 e. The summed E-state index contributed by atoms with van der Waals surface area (Å²) >= 11 is 0. The van der Waals surface area contributed by atoms with Crippen LogP contribution >= 0.6 is 0 Å². The fraction of sp³-hybridized carbons (Fsp3) is 0.400. The van der Waals surface area contributed by atoms with E-state index < -0.39 is 0 Å². The summed E-state index contributed by atoms with van der Waals surface area (Å²) in [5.41, 5.74) is 4.64. The van der Waals surface area contributed by atoms with E-state index in [0.29, 0.717) is 17.2 Å². The average Bonchev–Trinajstić information content (AvgIpc) is 2.81. The molecule has 0 unspecified atom stereocenters. The fourth-order valence-electron chi connectivity index (χ4n) is 2.68. The van der Waals surface area contributed by atoms with E-state index in [1.807, 2.05) is 16.8 Å². The second-order valence-electron chi connectivity index (χ2n) is 5.30. The maximum atomic E-state index is 13.7. The summed E-state index contributed by atoms with van der Waals surface area (Å²) in [5.74, 6) is -0.129. The SMILES string of the molecule is Cc1cc(-n2cc3c(n2)CCN[C@H]3C)cc(C)c1F. The Morgan fingerprint density at radius 1 is 1.32 bits per heavy atom. The van der Waals surface area contributed by atoms with Crippen molar-refractivity contribution in [1.82, 2.24) is 15.1 Å². The van der Waals surface area contributed by atoms with E-state index >= 15 is 0 Å². The second kappa shape index (κ2) is 4.46. The Morgan fingerprint density at radius 3 is 2.63 bits per heavy atom. The van der Waals surface area contributed by atoms with Gasteiger partial charge in [-0.25, -0.2) is 9.07 Å². The quantitative estimate of drug-likeness (QED) is 0.853. The number of benzene rings is 1. The molecule has 100 valence electrons. The molecule has 1 aromatic heterocycles. The standard InChI is InChI=1S/C15H18FN3/c1-9-6-12(7-10(2)15(9)16)19-8-13-11(3)17-5-4-14(13)18-19/h6-8,11,17H,4-5H2,1-3H3/t11-/m0/s1. The van der Waals surface area contributed by atoms with Crippen LogP contribution in [0.3, 0.4) is 0 Å². The number of halogens is 1. The van der Waals surface area contributed by atoms with Crippen LogP contribution in [0.15, 0.2) is 18.3 Å². The third-order valence-corrected chi connectivity index (χ3v) is 3.79. The fourth-order valence-corrected chi connectivity index (χ4v) is 2.68. The summed E-state index contributed by atoms with van der Waals surface area (Å²) in [6, 6.07) is 4.03. The van der Waals surface area contributed by atoms with Gasteiger partial charge >= 0.3 is 0 Å². The van der Waals surface area contributed by atoms with Gasteiger partial charge < -0.3 is 5.32 Å². The van der Waals surface area contributed by atoms with E-state index in [1.54, 1.807) is 13.8 Å². The summed E-state index contributed by atoms with van der Waals surface area (Å²) in [4.78, 5) is 0. The van der Waals surface area contributed by atoms with Gasteiger partial charge in [0.15, 0.2) is 0 Å². The lowest BCUT2D eigenvalue weighted by Gasteiger charge is -2.18. The van der Waals surface area contributed by atoms with Crippen molar-refractivity contribution in [2.45, 2.75) is 33.2 Å². The highest BCUT2D eigenvalue weighted by Crippen LogP contribution is 2.24. The molecule has 2 aromatic rings. The number of aromatic nitrogens is 2. The monoisotopic (exact) mass is 259 g/mol. The summed E-state index contributed by atoms with van der Waals surface area (Å²) in [6.07, 6.45) is 3.00. The summed E-state index contributed by atoms with van der Waals surface area (Å²) in [5, 5.41) is 8.06. The zero-order valence-electron chi connectivity index (χ0n) is 11.5. The highest BCUT2D eigenvalue weighted by atomic mass is 19.1. The Labute approximate surface area is 112 Å². The van der Waals surface area contributed by atoms with Gasteiger partial charge in [-0.2, -0.15) is 5.10 Å². The Morgan fingerprint density at radius 2 is 2.00 bits per heavy atom. The minimum absolute atomic E-state index is 0.129. The normalized spacial score (nSPS) is 18.4. The van der Waals surface area contributed by atoms with Crippen LogP contribution in [0.25, 0.3) is 5.69 Å². The number of hydrogen-bond acceptors (Lipinski definition) is 2. The molecule has 3 rings (SSSR count). The zero-order chi connectivity index (χ0) is 13.6. The van der Waals surface area contributed by atoms with Gasteiger partial charge in [-0.3, -0.25) is 0 Å². The molecule has 0 aliphatic carbocycles. The molecule has 0 radical (unpaired) electrons. The molecule has 0 amide bonds. The molecule has 1 aliphatic heterocycles. The highest BCUT2D eigenvalue weighted by Gasteiger charge is 2.20. The van der Waals surface area contributed by atoms with Gasteiger partial charge in [0.25, 0.3) is 0 Å².